The van der Waals surface area contributed by atoms with Crippen LogP contribution in [0, 0.1) is 78.0 Å². The van der Waals surface area contributed by atoms with Gasteiger partial charge in [-0.05, 0) is 95.4 Å². The lowest BCUT2D eigenvalue weighted by Crippen LogP contribution is -1.94. The number of hydrogen-bond donors (Lipinski definition) is 0. The van der Waals surface area contributed by atoms with Crippen molar-refractivity contribution in [3.63, 3.8) is 0 Å². The first kappa shape index (κ1) is 55.6. The topological polar surface area (TPSA) is 0 Å². The van der Waals surface area contributed by atoms with Crippen LogP contribution >= 0.6 is 0 Å². The number of hydrogen-bond acceptors (Lipinski definition) is 0. The monoisotopic (exact) mass is 863 g/mol. The first-order valence-corrected chi connectivity index (χ1v) is 25.6. The molecule has 0 aliphatic heterocycles. The third-order valence-corrected chi connectivity index (χ3v) is 10.8. The van der Waals surface area contributed by atoms with Crippen molar-refractivity contribution in [3.8, 4) is 71.0 Å². The second kappa shape index (κ2) is 34.8. The number of rotatable bonds is 20. The average Bonchev–Trinajstić information content (AvgIpc) is 3.31. The van der Waals surface area contributed by atoms with E-state index in [1.165, 1.54) is 61.3 Å². The molecule has 0 aromatic heterocycles. The maximum atomic E-state index is 3.74. The van der Waals surface area contributed by atoms with E-state index < -0.39 is 0 Å². The number of allylic oxidation sites excluding steroid dienone is 10. The summed E-state index contributed by atoms with van der Waals surface area (Å²) >= 11 is 0. The van der Waals surface area contributed by atoms with Gasteiger partial charge >= 0.3 is 0 Å². The molecule has 0 aliphatic rings. The maximum Gasteiger partial charge on any atom is 0.0249 e. The predicted molar refractivity (Wildman–Crippen MR) is 287 cm³/mol. The molecule has 0 nitrogen and oxygen atoms in total. The van der Waals surface area contributed by atoms with Gasteiger partial charge in [0.15, 0.2) is 0 Å². The van der Waals surface area contributed by atoms with Crippen molar-refractivity contribution < 1.29 is 0 Å². The Morgan fingerprint density at radius 1 is 0.262 bits per heavy atom. The third-order valence-electron chi connectivity index (χ3n) is 10.8. The molecular weight excluding hydrogens is 781 g/mol. The molecule has 2 rings (SSSR count). The van der Waals surface area contributed by atoms with Crippen LogP contribution in [0.1, 0.15) is 214 Å². The van der Waals surface area contributed by atoms with Gasteiger partial charge in [-0.25, -0.2) is 0 Å². The molecule has 0 atom stereocenters. The molecule has 65 heavy (non-hydrogen) atoms. The quantitative estimate of drug-likeness (QED) is 0.116. The zero-order valence-corrected chi connectivity index (χ0v) is 42.8. The van der Waals surface area contributed by atoms with Crippen molar-refractivity contribution >= 4 is 0 Å². The van der Waals surface area contributed by atoms with Crippen molar-refractivity contribution in [2.24, 2.45) is 0 Å². The predicted octanol–water partition coefficient (Wildman–Crippen LogP) is 17.9. The van der Waals surface area contributed by atoms with Gasteiger partial charge in [-0.2, -0.15) is 0 Å². The molecule has 0 bridgehead atoms. The van der Waals surface area contributed by atoms with Gasteiger partial charge in [0.25, 0.3) is 0 Å². The summed E-state index contributed by atoms with van der Waals surface area (Å²) in [6.45, 7) is 24.5. The summed E-state index contributed by atoms with van der Waals surface area (Å²) in [6, 6.07) is 18.8. The highest BCUT2D eigenvalue weighted by molar-refractivity contribution is 5.56. The van der Waals surface area contributed by atoms with Crippen LogP contribution in [0.25, 0.3) is 0 Å². The minimum atomic E-state index is 0.915. The Kier molecular flexibility index (Phi) is 29.8. The minimum absolute atomic E-state index is 0.915. The van der Waals surface area contributed by atoms with Crippen LogP contribution in [-0.4, -0.2) is 0 Å². The SMILES string of the molecule is CCC/C(C#C/C(CCC)=C(/C#C/C(CCC)=C(/C#Cc1ccccc1)CCC)CCC)=C(\C#C/C(CCC)=C(/C#C/C(CCC)=C(/C#Cc1ccc(C)cc1)CCC)CCC)CCC. The standard InChI is InChI=1S/C65H82/c1-12-25-56(43-41-54-35-23-22-24-36-54)58(27-14-3)45-47-60(29-16-5)62(31-18-7)49-51-64(33-20-9)65(34-21-10)52-50-63(32-19-8)61(30-17-6)48-46-59(28-15-4)57(26-13-2)44-42-55-39-37-53(11)38-40-55/h22-24,35-40H,12-21,25-34H2,1-11H3/b58-56+,59-57+,62-60+,63-61+,65-64+. The fraction of sp³-hybridized carbons (Fsp3) is 0.477. The van der Waals surface area contributed by atoms with Crippen LogP contribution in [0.5, 0.6) is 0 Å². The Bertz CT molecular complexity index is 2320. The summed E-state index contributed by atoms with van der Waals surface area (Å²) in [5, 5.41) is 0. The molecule has 0 aliphatic carbocycles. The summed E-state index contributed by atoms with van der Waals surface area (Å²) in [4.78, 5) is 0. The first-order chi connectivity index (χ1) is 31.7. The van der Waals surface area contributed by atoms with E-state index in [-0.39, 0.29) is 0 Å². The van der Waals surface area contributed by atoms with Crippen molar-refractivity contribution in [1.82, 2.24) is 0 Å². The molecule has 0 amide bonds. The van der Waals surface area contributed by atoms with Crippen molar-refractivity contribution in [3.05, 3.63) is 127 Å². The molecule has 0 radical (unpaired) electrons. The summed E-state index contributed by atoms with van der Waals surface area (Å²) in [7, 11) is 0. The lowest BCUT2D eigenvalue weighted by molar-refractivity contribution is 0.871. The molecule has 0 unspecified atom stereocenters. The van der Waals surface area contributed by atoms with Crippen molar-refractivity contribution in [2.75, 3.05) is 0 Å². The smallest absolute Gasteiger partial charge is 0.0249 e. The van der Waals surface area contributed by atoms with Gasteiger partial charge in [-0.1, -0.05) is 240 Å². The van der Waals surface area contributed by atoms with Gasteiger partial charge in [-0.3, -0.25) is 0 Å². The van der Waals surface area contributed by atoms with Crippen molar-refractivity contribution in [2.45, 2.75) is 205 Å². The molecule has 0 heteroatoms. The van der Waals surface area contributed by atoms with Crippen LogP contribution < -0.4 is 0 Å². The largest absolute Gasteiger partial charge is 0.0655 e. The zero-order chi connectivity index (χ0) is 47.5. The van der Waals surface area contributed by atoms with E-state index >= 15 is 0 Å². The fourth-order valence-electron chi connectivity index (χ4n) is 7.45. The zero-order valence-electron chi connectivity index (χ0n) is 42.8. The van der Waals surface area contributed by atoms with Crippen LogP contribution in [0.2, 0.25) is 0 Å². The van der Waals surface area contributed by atoms with E-state index in [0.29, 0.717) is 0 Å². The average molecular weight is 863 g/mol. The van der Waals surface area contributed by atoms with Gasteiger partial charge in [0.05, 0.1) is 0 Å². The van der Waals surface area contributed by atoms with E-state index in [2.05, 4.69) is 184 Å². The molecule has 0 heterocycles. The van der Waals surface area contributed by atoms with Crippen LogP contribution in [0.4, 0.5) is 0 Å². The Morgan fingerprint density at radius 2 is 0.462 bits per heavy atom. The fourth-order valence-corrected chi connectivity index (χ4v) is 7.45. The van der Waals surface area contributed by atoms with Gasteiger partial charge in [-0.15, -0.1) is 0 Å². The second-order valence-electron chi connectivity index (χ2n) is 17.0. The molecule has 0 saturated heterocycles. The van der Waals surface area contributed by atoms with E-state index in [4.69, 9.17) is 0 Å². The Balaban J connectivity index is 2.87. The summed E-state index contributed by atoms with van der Waals surface area (Å²) in [6.07, 6.45) is 19.5. The van der Waals surface area contributed by atoms with Crippen LogP contribution in [-0.2, 0) is 0 Å². The normalized spacial score (nSPS) is 12.4. The van der Waals surface area contributed by atoms with Crippen molar-refractivity contribution in [1.29, 1.82) is 0 Å². The van der Waals surface area contributed by atoms with Crippen LogP contribution in [0.15, 0.2) is 110 Å². The summed E-state index contributed by atoms with van der Waals surface area (Å²) < 4.78 is 0. The van der Waals surface area contributed by atoms with Gasteiger partial charge < -0.3 is 0 Å². The molecule has 0 fully saturated rings. The van der Waals surface area contributed by atoms with Crippen LogP contribution in [0.3, 0.4) is 0 Å². The highest BCUT2D eigenvalue weighted by atomic mass is 14.1. The van der Waals surface area contributed by atoms with E-state index in [1.807, 2.05) is 18.2 Å². The first-order valence-electron chi connectivity index (χ1n) is 25.6. The maximum absolute atomic E-state index is 3.74. The second-order valence-corrected chi connectivity index (χ2v) is 17.0. The summed E-state index contributed by atoms with van der Waals surface area (Å²) in [5.74, 6) is 43.7. The summed E-state index contributed by atoms with van der Waals surface area (Å²) in [5.41, 5.74) is 15.1. The Morgan fingerprint density at radius 3 is 0.677 bits per heavy atom. The van der Waals surface area contributed by atoms with Gasteiger partial charge in [0.2, 0.25) is 0 Å². The number of benzene rings is 2. The van der Waals surface area contributed by atoms with Gasteiger partial charge in [0.1, 0.15) is 0 Å². The van der Waals surface area contributed by atoms with E-state index in [1.54, 1.807) is 0 Å². The molecule has 342 valence electrons. The van der Waals surface area contributed by atoms with E-state index in [9.17, 15) is 0 Å². The van der Waals surface area contributed by atoms with E-state index in [0.717, 1.165) is 140 Å². The highest BCUT2D eigenvalue weighted by Crippen LogP contribution is 2.23. The molecule has 2 aromatic rings. The lowest BCUT2D eigenvalue weighted by atomic mass is 9.95. The molecule has 0 N–H and O–H groups in total. The highest BCUT2D eigenvalue weighted by Gasteiger charge is 2.09. The van der Waals surface area contributed by atoms with Gasteiger partial charge in [0, 0.05) is 66.9 Å². The molecule has 0 spiro atoms. The molecule has 0 saturated carbocycles. The Hall–Kier alpha value is -5.50. The Labute approximate surface area is 400 Å². The molecular formula is C65H82. The third kappa shape index (κ3) is 21.8. The lowest BCUT2D eigenvalue weighted by Gasteiger charge is -2.08. The molecule has 2 aromatic carbocycles. The minimum Gasteiger partial charge on any atom is -0.0655 e. The number of aryl methyl sites for hydroxylation is 1.